The predicted octanol–water partition coefficient (Wildman–Crippen LogP) is 6.19. The Kier molecular flexibility index (Phi) is 7.18. The Morgan fingerprint density at radius 3 is 2.48 bits per heavy atom. The van der Waals surface area contributed by atoms with Crippen molar-refractivity contribution in [3.05, 3.63) is 36.4 Å². The number of carbonyl (C=O) groups excluding carboxylic acids is 1. The lowest BCUT2D eigenvalue weighted by Gasteiger charge is -2.38. The Morgan fingerprint density at radius 2 is 1.83 bits per heavy atom. The Labute approximate surface area is 175 Å². The van der Waals surface area contributed by atoms with Crippen LogP contribution >= 0.6 is 0 Å². The van der Waals surface area contributed by atoms with Crippen LogP contribution in [0.25, 0.3) is 10.8 Å². The van der Waals surface area contributed by atoms with Crippen molar-refractivity contribution in [1.82, 2.24) is 0 Å². The van der Waals surface area contributed by atoms with Gasteiger partial charge in [0.25, 0.3) is 5.91 Å². The average molecular weight is 398 g/mol. The summed E-state index contributed by atoms with van der Waals surface area (Å²) in [4.78, 5) is 13.4. The molecule has 2 aromatic carbocycles. The maximum absolute atomic E-state index is 13.4. The molecule has 4 heteroatoms. The van der Waals surface area contributed by atoms with Crippen LogP contribution in [0, 0.1) is 11.8 Å². The molecule has 0 heterocycles. The van der Waals surface area contributed by atoms with E-state index >= 15 is 0 Å². The molecular formula is C25H35NO3. The minimum atomic E-state index is -0.712. The normalized spacial score (nSPS) is 22.0. The van der Waals surface area contributed by atoms with Crippen molar-refractivity contribution in [3.63, 3.8) is 0 Å². The fraction of sp³-hybridized carbons (Fsp3) is 0.560. The second-order valence-corrected chi connectivity index (χ2v) is 8.84. The third-order valence-corrected chi connectivity index (χ3v) is 5.78. The number of anilines is 1. The zero-order valence-electron chi connectivity index (χ0n) is 18.3. The number of amides is 1. The van der Waals surface area contributed by atoms with Gasteiger partial charge in [-0.15, -0.1) is 0 Å². The van der Waals surface area contributed by atoms with Gasteiger partial charge in [0.1, 0.15) is 11.4 Å². The predicted molar refractivity (Wildman–Crippen MR) is 120 cm³/mol. The van der Waals surface area contributed by atoms with E-state index in [4.69, 9.17) is 9.47 Å². The van der Waals surface area contributed by atoms with Crippen LogP contribution in [-0.4, -0.2) is 24.7 Å². The van der Waals surface area contributed by atoms with E-state index in [-0.39, 0.29) is 5.91 Å². The first-order valence-electron chi connectivity index (χ1n) is 11.0. The quantitative estimate of drug-likeness (QED) is 0.578. The number of hydrogen-bond donors (Lipinski definition) is 1. The Balaban J connectivity index is 1.86. The minimum Gasteiger partial charge on any atom is -0.493 e. The average Bonchev–Trinajstić information content (AvgIpc) is 2.73. The van der Waals surface area contributed by atoms with Crippen molar-refractivity contribution in [2.75, 3.05) is 18.5 Å². The topological polar surface area (TPSA) is 47.6 Å². The van der Waals surface area contributed by atoms with Gasteiger partial charge in [-0.3, -0.25) is 4.79 Å². The monoisotopic (exact) mass is 397 g/mol. The molecule has 2 aromatic rings. The van der Waals surface area contributed by atoms with E-state index < -0.39 is 5.60 Å². The molecule has 1 saturated carbocycles. The van der Waals surface area contributed by atoms with Crippen molar-refractivity contribution in [3.8, 4) is 5.75 Å². The summed E-state index contributed by atoms with van der Waals surface area (Å²) in [5.74, 6) is 1.95. The van der Waals surface area contributed by atoms with Crippen LogP contribution in [0.3, 0.4) is 0 Å². The number of nitrogens with one attached hydrogen (secondary N) is 1. The number of hydrogen-bond acceptors (Lipinski definition) is 3. The van der Waals surface area contributed by atoms with E-state index in [2.05, 4.69) is 33.0 Å². The fourth-order valence-electron chi connectivity index (χ4n) is 3.96. The summed E-state index contributed by atoms with van der Waals surface area (Å²) in [7, 11) is 0. The lowest BCUT2D eigenvalue weighted by Crippen LogP contribution is -2.48. The van der Waals surface area contributed by atoms with Gasteiger partial charge < -0.3 is 14.8 Å². The molecule has 0 unspecified atom stereocenters. The summed E-state index contributed by atoms with van der Waals surface area (Å²) in [5, 5.41) is 5.21. The van der Waals surface area contributed by atoms with Crippen LogP contribution in [-0.2, 0) is 9.53 Å². The van der Waals surface area contributed by atoms with Gasteiger partial charge >= 0.3 is 0 Å². The van der Waals surface area contributed by atoms with Gasteiger partial charge in [-0.1, -0.05) is 52.0 Å². The zero-order chi connectivity index (χ0) is 20.9. The fourth-order valence-corrected chi connectivity index (χ4v) is 3.96. The number of benzene rings is 2. The van der Waals surface area contributed by atoms with E-state index in [0.717, 1.165) is 54.3 Å². The summed E-state index contributed by atoms with van der Waals surface area (Å²) in [6.07, 6.45) is 4.54. The van der Waals surface area contributed by atoms with E-state index in [1.165, 1.54) is 0 Å². The van der Waals surface area contributed by atoms with Crippen LogP contribution in [0.5, 0.6) is 5.75 Å². The maximum atomic E-state index is 13.4. The van der Waals surface area contributed by atoms with Gasteiger partial charge in [0.05, 0.1) is 6.61 Å². The summed E-state index contributed by atoms with van der Waals surface area (Å²) in [5.41, 5.74) is 0.108. The largest absolute Gasteiger partial charge is 0.493 e. The Morgan fingerprint density at radius 1 is 1.14 bits per heavy atom. The zero-order valence-corrected chi connectivity index (χ0v) is 18.3. The standard InChI is InChI=1S/C25H35NO3/c1-5-16-29-25(14-12-19(4)13-15-25)24(27)26-22-10-11-23(28-17-18(2)3)21-9-7-6-8-20(21)22/h6-11,18-19H,5,12-17H2,1-4H3,(H,26,27). The molecule has 1 amide bonds. The number of rotatable bonds is 8. The molecule has 1 N–H and O–H groups in total. The number of carbonyl (C=O) groups is 1. The van der Waals surface area contributed by atoms with Gasteiger partial charge in [0.2, 0.25) is 0 Å². The molecular weight excluding hydrogens is 362 g/mol. The first-order valence-corrected chi connectivity index (χ1v) is 11.0. The maximum Gasteiger partial charge on any atom is 0.256 e. The molecule has 0 radical (unpaired) electrons. The number of fused-ring (bicyclic) bond motifs is 1. The summed E-state index contributed by atoms with van der Waals surface area (Å²) in [6.45, 7) is 9.90. The molecule has 29 heavy (non-hydrogen) atoms. The van der Waals surface area contributed by atoms with Gasteiger partial charge in [-0.2, -0.15) is 0 Å². The van der Waals surface area contributed by atoms with E-state index in [9.17, 15) is 4.79 Å². The van der Waals surface area contributed by atoms with E-state index in [1.807, 2.05) is 36.4 Å². The molecule has 0 atom stereocenters. The molecule has 0 bridgehead atoms. The van der Waals surface area contributed by atoms with Crippen molar-refractivity contribution in [2.24, 2.45) is 11.8 Å². The second kappa shape index (κ2) is 9.62. The van der Waals surface area contributed by atoms with E-state index in [1.54, 1.807) is 0 Å². The summed E-state index contributed by atoms with van der Waals surface area (Å²) in [6, 6.07) is 12.0. The molecule has 158 valence electrons. The Hall–Kier alpha value is -2.07. The van der Waals surface area contributed by atoms with Crippen LogP contribution in [0.1, 0.15) is 59.8 Å². The molecule has 4 nitrogen and oxygen atoms in total. The highest BCUT2D eigenvalue weighted by Crippen LogP contribution is 2.37. The summed E-state index contributed by atoms with van der Waals surface area (Å²) >= 11 is 0. The van der Waals surface area contributed by atoms with Gasteiger partial charge in [0, 0.05) is 23.1 Å². The number of ether oxygens (including phenoxy) is 2. The lowest BCUT2D eigenvalue weighted by atomic mass is 9.78. The molecule has 0 saturated heterocycles. The Bertz CT molecular complexity index is 816. The summed E-state index contributed by atoms with van der Waals surface area (Å²) < 4.78 is 12.2. The van der Waals surface area contributed by atoms with E-state index in [0.29, 0.717) is 25.0 Å². The van der Waals surface area contributed by atoms with Gasteiger partial charge in [-0.05, 0) is 56.1 Å². The van der Waals surface area contributed by atoms with Crippen molar-refractivity contribution >= 4 is 22.4 Å². The molecule has 0 aromatic heterocycles. The third-order valence-electron chi connectivity index (χ3n) is 5.78. The SMILES string of the molecule is CCCOC1(C(=O)Nc2ccc(OCC(C)C)c3ccccc23)CCC(C)CC1. The molecule has 1 aliphatic carbocycles. The first kappa shape index (κ1) is 21.6. The van der Waals surface area contributed by atoms with Crippen molar-refractivity contribution in [2.45, 2.75) is 65.4 Å². The van der Waals surface area contributed by atoms with Crippen LogP contribution in [0.15, 0.2) is 36.4 Å². The minimum absolute atomic E-state index is 0.0150. The van der Waals surface area contributed by atoms with Crippen molar-refractivity contribution in [1.29, 1.82) is 0 Å². The molecule has 1 fully saturated rings. The van der Waals surface area contributed by atoms with Crippen LogP contribution < -0.4 is 10.1 Å². The van der Waals surface area contributed by atoms with Crippen LogP contribution in [0.2, 0.25) is 0 Å². The lowest BCUT2D eigenvalue weighted by molar-refractivity contribution is -0.147. The smallest absolute Gasteiger partial charge is 0.256 e. The van der Waals surface area contributed by atoms with Crippen LogP contribution in [0.4, 0.5) is 5.69 Å². The molecule has 3 rings (SSSR count). The first-order chi connectivity index (χ1) is 13.9. The molecule has 0 spiro atoms. The highest BCUT2D eigenvalue weighted by Gasteiger charge is 2.42. The van der Waals surface area contributed by atoms with Gasteiger partial charge in [-0.25, -0.2) is 0 Å². The third kappa shape index (κ3) is 5.11. The molecule has 0 aliphatic heterocycles. The molecule has 1 aliphatic rings. The highest BCUT2D eigenvalue weighted by molar-refractivity contribution is 6.06. The second-order valence-electron chi connectivity index (χ2n) is 8.84. The van der Waals surface area contributed by atoms with Gasteiger partial charge in [0.15, 0.2) is 0 Å². The van der Waals surface area contributed by atoms with Crippen molar-refractivity contribution < 1.29 is 14.3 Å². The highest BCUT2D eigenvalue weighted by atomic mass is 16.5.